The zero-order chi connectivity index (χ0) is 15.1. The van der Waals surface area contributed by atoms with Crippen LogP contribution in [0, 0.1) is 6.92 Å². The Labute approximate surface area is 119 Å². The number of carboxylic acid groups (broad SMARTS) is 1. The number of benzene rings is 1. The Morgan fingerprint density at radius 2 is 2.15 bits per heavy atom. The summed E-state index contributed by atoms with van der Waals surface area (Å²) in [7, 11) is 1.60. The van der Waals surface area contributed by atoms with Crippen molar-refractivity contribution in [2.75, 3.05) is 13.7 Å². The lowest BCUT2D eigenvalue weighted by Gasteiger charge is -2.18. The first-order chi connectivity index (χ1) is 9.49. The molecule has 1 aromatic carbocycles. The van der Waals surface area contributed by atoms with Gasteiger partial charge in [0.25, 0.3) is 0 Å². The molecule has 0 heterocycles. The Morgan fingerprint density at radius 3 is 2.65 bits per heavy atom. The highest BCUT2D eigenvalue weighted by atomic mass is 16.5. The zero-order valence-corrected chi connectivity index (χ0v) is 12.2. The minimum Gasteiger partial charge on any atom is -0.496 e. The maximum absolute atomic E-state index is 11.0. The van der Waals surface area contributed by atoms with Gasteiger partial charge in [0.2, 0.25) is 0 Å². The average molecular weight is 281 g/mol. The molecule has 0 amide bonds. The first-order valence-corrected chi connectivity index (χ1v) is 6.78. The quantitative estimate of drug-likeness (QED) is 0.678. The van der Waals surface area contributed by atoms with Crippen LogP contribution in [-0.4, -0.2) is 35.9 Å². The van der Waals surface area contributed by atoms with Crippen LogP contribution in [0.2, 0.25) is 0 Å². The van der Waals surface area contributed by atoms with E-state index in [1.54, 1.807) is 19.2 Å². The first kappa shape index (κ1) is 16.5. The van der Waals surface area contributed by atoms with Gasteiger partial charge in [-0.3, -0.25) is 4.79 Å². The molecule has 5 nitrogen and oxygen atoms in total. The van der Waals surface area contributed by atoms with E-state index in [4.69, 9.17) is 9.84 Å². The highest BCUT2D eigenvalue weighted by Crippen LogP contribution is 2.22. The molecule has 0 bridgehead atoms. The van der Waals surface area contributed by atoms with Gasteiger partial charge in [-0.15, -0.1) is 0 Å². The molecule has 0 aromatic heterocycles. The lowest BCUT2D eigenvalue weighted by Crippen LogP contribution is -2.38. The van der Waals surface area contributed by atoms with E-state index >= 15 is 0 Å². The van der Waals surface area contributed by atoms with Gasteiger partial charge in [0.15, 0.2) is 0 Å². The Morgan fingerprint density at radius 1 is 1.45 bits per heavy atom. The van der Waals surface area contributed by atoms with Crippen LogP contribution in [0.5, 0.6) is 5.75 Å². The molecule has 0 aliphatic carbocycles. The second-order valence-corrected chi connectivity index (χ2v) is 4.83. The number of hydrogen-bond donors (Lipinski definition) is 3. The van der Waals surface area contributed by atoms with Crippen molar-refractivity contribution in [1.82, 2.24) is 5.32 Å². The van der Waals surface area contributed by atoms with Gasteiger partial charge in [0.05, 0.1) is 13.2 Å². The van der Waals surface area contributed by atoms with Gasteiger partial charge in [-0.2, -0.15) is 0 Å². The Hall–Kier alpha value is -1.59. The van der Waals surface area contributed by atoms with Crippen LogP contribution >= 0.6 is 0 Å². The van der Waals surface area contributed by atoms with E-state index in [0.29, 0.717) is 6.42 Å². The Bertz CT molecular complexity index is 447. The molecule has 0 fully saturated rings. The number of aryl methyl sites for hydroxylation is 1. The molecule has 0 spiro atoms. The van der Waals surface area contributed by atoms with Crippen molar-refractivity contribution < 1.29 is 19.7 Å². The third kappa shape index (κ3) is 4.51. The lowest BCUT2D eigenvalue weighted by molar-refractivity contribution is -0.139. The molecule has 0 saturated heterocycles. The van der Waals surface area contributed by atoms with Crippen LogP contribution in [0.1, 0.15) is 37.0 Å². The van der Waals surface area contributed by atoms with E-state index in [0.717, 1.165) is 23.3 Å². The molecule has 2 unspecified atom stereocenters. The molecule has 2 atom stereocenters. The van der Waals surface area contributed by atoms with Gasteiger partial charge in [0, 0.05) is 6.54 Å². The van der Waals surface area contributed by atoms with E-state index in [1.807, 2.05) is 19.9 Å². The smallest absolute Gasteiger partial charge is 0.320 e. The predicted octanol–water partition coefficient (Wildman–Crippen LogP) is 1.88. The van der Waals surface area contributed by atoms with Crippen molar-refractivity contribution in [3.05, 3.63) is 29.3 Å². The molecule has 5 heteroatoms. The second-order valence-electron chi connectivity index (χ2n) is 4.83. The number of aliphatic hydroxyl groups excluding tert-OH is 1. The summed E-state index contributed by atoms with van der Waals surface area (Å²) < 4.78 is 5.17. The van der Waals surface area contributed by atoms with Gasteiger partial charge >= 0.3 is 5.97 Å². The predicted molar refractivity (Wildman–Crippen MR) is 77.0 cm³/mol. The van der Waals surface area contributed by atoms with Crippen molar-refractivity contribution in [1.29, 1.82) is 0 Å². The van der Waals surface area contributed by atoms with Crippen molar-refractivity contribution in [2.45, 2.75) is 38.8 Å². The second kappa shape index (κ2) is 7.87. The zero-order valence-electron chi connectivity index (χ0n) is 12.2. The molecule has 0 aliphatic heterocycles. The number of rotatable bonds is 8. The fraction of sp³-hybridized carbons (Fsp3) is 0.533. The van der Waals surface area contributed by atoms with E-state index < -0.39 is 18.1 Å². The molecule has 112 valence electrons. The number of carboxylic acids is 1. The van der Waals surface area contributed by atoms with Gasteiger partial charge in [-0.1, -0.05) is 19.4 Å². The number of aliphatic carboxylic acids is 1. The molecule has 0 radical (unpaired) electrons. The summed E-state index contributed by atoms with van der Waals surface area (Å²) in [6, 6.07) is 4.82. The SMILES string of the molecule is CCCC(NCC(O)c1ccc(OC)c(C)c1)C(=O)O. The van der Waals surface area contributed by atoms with E-state index in [9.17, 15) is 9.90 Å². The minimum absolute atomic E-state index is 0.211. The number of ether oxygens (including phenoxy) is 1. The highest BCUT2D eigenvalue weighted by Gasteiger charge is 2.18. The summed E-state index contributed by atoms with van der Waals surface area (Å²) in [4.78, 5) is 11.0. The van der Waals surface area contributed by atoms with Crippen molar-refractivity contribution in [3.8, 4) is 5.75 Å². The maximum atomic E-state index is 11.0. The minimum atomic E-state index is -0.884. The maximum Gasteiger partial charge on any atom is 0.320 e. The molecule has 0 saturated carbocycles. The number of carbonyl (C=O) groups is 1. The molecule has 0 aliphatic rings. The average Bonchev–Trinajstić information content (AvgIpc) is 2.42. The molecule has 3 N–H and O–H groups in total. The Kier molecular flexibility index (Phi) is 6.48. The van der Waals surface area contributed by atoms with Gasteiger partial charge in [-0.25, -0.2) is 0 Å². The molecular weight excluding hydrogens is 258 g/mol. The topological polar surface area (TPSA) is 78.8 Å². The summed E-state index contributed by atoms with van der Waals surface area (Å²) in [5.74, 6) is -0.117. The fourth-order valence-corrected chi connectivity index (χ4v) is 2.08. The third-order valence-corrected chi connectivity index (χ3v) is 3.24. The van der Waals surface area contributed by atoms with E-state index in [2.05, 4.69) is 5.32 Å². The van der Waals surface area contributed by atoms with Crippen LogP contribution in [0.3, 0.4) is 0 Å². The van der Waals surface area contributed by atoms with Crippen LogP contribution in [0.4, 0.5) is 0 Å². The third-order valence-electron chi connectivity index (χ3n) is 3.24. The number of methoxy groups -OCH3 is 1. The van der Waals surface area contributed by atoms with E-state index in [-0.39, 0.29) is 6.54 Å². The van der Waals surface area contributed by atoms with Crippen LogP contribution in [0.15, 0.2) is 18.2 Å². The van der Waals surface area contributed by atoms with Gasteiger partial charge in [0.1, 0.15) is 11.8 Å². The Balaban J connectivity index is 2.64. The molecular formula is C15H23NO4. The normalized spacial score (nSPS) is 13.8. The summed E-state index contributed by atoms with van der Waals surface area (Å²) in [6.07, 6.45) is 0.587. The van der Waals surface area contributed by atoms with Crippen LogP contribution < -0.4 is 10.1 Å². The van der Waals surface area contributed by atoms with Crippen LogP contribution in [0.25, 0.3) is 0 Å². The monoisotopic (exact) mass is 281 g/mol. The first-order valence-electron chi connectivity index (χ1n) is 6.78. The highest BCUT2D eigenvalue weighted by molar-refractivity contribution is 5.73. The summed E-state index contributed by atoms with van der Waals surface area (Å²) in [6.45, 7) is 4.04. The molecule has 20 heavy (non-hydrogen) atoms. The number of aliphatic hydroxyl groups is 1. The fourth-order valence-electron chi connectivity index (χ4n) is 2.08. The summed E-state index contributed by atoms with van der Waals surface area (Å²) >= 11 is 0. The summed E-state index contributed by atoms with van der Waals surface area (Å²) in [5, 5.41) is 22.0. The molecule has 1 aromatic rings. The number of nitrogens with one attached hydrogen (secondary N) is 1. The van der Waals surface area contributed by atoms with E-state index in [1.165, 1.54) is 0 Å². The van der Waals surface area contributed by atoms with Crippen molar-refractivity contribution in [3.63, 3.8) is 0 Å². The number of hydrogen-bond acceptors (Lipinski definition) is 4. The summed E-state index contributed by atoms with van der Waals surface area (Å²) in [5.41, 5.74) is 1.68. The largest absolute Gasteiger partial charge is 0.496 e. The van der Waals surface area contributed by atoms with Crippen LogP contribution in [-0.2, 0) is 4.79 Å². The molecule has 1 rings (SSSR count). The van der Waals surface area contributed by atoms with Gasteiger partial charge < -0.3 is 20.3 Å². The van der Waals surface area contributed by atoms with Crippen molar-refractivity contribution in [2.24, 2.45) is 0 Å². The standard InChI is InChI=1S/C15H23NO4/c1-4-5-12(15(18)19)16-9-13(17)11-6-7-14(20-3)10(2)8-11/h6-8,12-13,16-17H,4-5,9H2,1-3H3,(H,18,19). The van der Waals surface area contributed by atoms with Gasteiger partial charge in [-0.05, 0) is 36.6 Å². The lowest BCUT2D eigenvalue weighted by atomic mass is 10.0. The van der Waals surface area contributed by atoms with Crippen molar-refractivity contribution >= 4 is 5.97 Å².